The first-order valence-corrected chi connectivity index (χ1v) is 15.3. The lowest BCUT2D eigenvalue weighted by atomic mass is 9.89. The normalized spacial score (nSPS) is 17.5. The number of benzene rings is 3. The Morgan fingerprint density at radius 2 is 1.48 bits per heavy atom. The zero-order chi connectivity index (χ0) is 33.6. The third-order valence-electron chi connectivity index (χ3n) is 8.28. The molecule has 1 saturated heterocycles. The molecule has 3 aromatic carbocycles. The van der Waals surface area contributed by atoms with Crippen molar-refractivity contribution in [1.29, 1.82) is 0 Å². The van der Waals surface area contributed by atoms with Gasteiger partial charge < -0.3 is 26.0 Å². The monoisotopic (exact) mass is 627 g/mol. The number of nitrogens with one attached hydrogen (secondary N) is 3. The number of carboxylic acid groups (broad SMARTS) is 1. The number of urea groups is 2. The van der Waals surface area contributed by atoms with Crippen molar-refractivity contribution in [3.63, 3.8) is 0 Å². The zero-order valence-electron chi connectivity index (χ0n) is 26.7. The van der Waals surface area contributed by atoms with Gasteiger partial charge in [0.1, 0.15) is 5.54 Å². The van der Waals surface area contributed by atoms with Gasteiger partial charge >= 0.3 is 18.0 Å². The Bertz CT molecular complexity index is 1590. The summed E-state index contributed by atoms with van der Waals surface area (Å²) in [5.41, 5.74) is 2.18. The van der Waals surface area contributed by atoms with Gasteiger partial charge in [-0.05, 0) is 61.6 Å². The Morgan fingerprint density at radius 3 is 2.09 bits per heavy atom. The largest absolute Gasteiger partial charge is 0.481 e. The molecule has 1 aliphatic heterocycles. The molecule has 0 aliphatic carbocycles. The molecule has 3 aromatic rings. The summed E-state index contributed by atoms with van der Waals surface area (Å²) in [4.78, 5) is 67.8. The second-order valence-corrected chi connectivity index (χ2v) is 12.2. The van der Waals surface area contributed by atoms with E-state index in [4.69, 9.17) is 5.11 Å². The highest BCUT2D eigenvalue weighted by atomic mass is 16.4. The van der Waals surface area contributed by atoms with Crippen LogP contribution in [0.5, 0.6) is 0 Å². The predicted molar refractivity (Wildman–Crippen MR) is 175 cm³/mol. The number of nitrogens with zero attached hydrogens (tertiary/aromatic N) is 2. The number of para-hydroxylation sites is 1. The van der Waals surface area contributed by atoms with Gasteiger partial charge in [-0.3, -0.25) is 19.3 Å². The molecule has 242 valence electrons. The molecule has 4 N–H and O–H groups in total. The molecule has 3 atom stereocenters. The van der Waals surface area contributed by atoms with Crippen LogP contribution in [0.15, 0.2) is 78.9 Å². The minimum absolute atomic E-state index is 0.0921. The lowest BCUT2D eigenvalue weighted by Crippen LogP contribution is -2.48. The third-order valence-corrected chi connectivity index (χ3v) is 8.28. The quantitative estimate of drug-likeness (QED) is 0.189. The summed E-state index contributed by atoms with van der Waals surface area (Å²) >= 11 is 0. The van der Waals surface area contributed by atoms with Gasteiger partial charge in [0, 0.05) is 30.4 Å². The Labute approximate surface area is 269 Å². The molecule has 6 amide bonds. The fourth-order valence-corrected chi connectivity index (χ4v) is 5.65. The molecule has 1 heterocycles. The number of carboxylic acids is 1. The van der Waals surface area contributed by atoms with E-state index in [-0.39, 0.29) is 25.3 Å². The highest BCUT2D eigenvalue weighted by Gasteiger charge is 2.57. The van der Waals surface area contributed by atoms with Crippen LogP contribution in [0.25, 0.3) is 0 Å². The maximum absolute atomic E-state index is 14.3. The van der Waals surface area contributed by atoms with Gasteiger partial charge in [-0.25, -0.2) is 9.59 Å². The Kier molecular flexibility index (Phi) is 10.5. The van der Waals surface area contributed by atoms with Crippen LogP contribution in [0.4, 0.5) is 21.0 Å². The topological polar surface area (TPSA) is 148 Å². The fourth-order valence-electron chi connectivity index (χ4n) is 5.65. The Morgan fingerprint density at radius 1 is 0.848 bits per heavy atom. The summed E-state index contributed by atoms with van der Waals surface area (Å²) in [6.45, 7) is 8.97. The molecule has 2 unspecified atom stereocenters. The number of carbonyl (C=O) groups excluding carboxylic acids is 4. The summed E-state index contributed by atoms with van der Waals surface area (Å²) < 4.78 is 0. The highest BCUT2D eigenvalue weighted by Crippen LogP contribution is 2.40. The number of anilines is 2. The first-order valence-electron chi connectivity index (χ1n) is 15.3. The maximum Gasteiger partial charge on any atom is 0.328 e. The molecule has 0 aromatic heterocycles. The molecule has 11 nitrogen and oxygen atoms in total. The predicted octanol–water partition coefficient (Wildman–Crippen LogP) is 5.71. The molecule has 46 heavy (non-hydrogen) atoms. The molecule has 4 rings (SSSR count). The minimum atomic E-state index is -1.36. The van der Waals surface area contributed by atoms with Crippen molar-refractivity contribution in [2.45, 2.75) is 71.6 Å². The summed E-state index contributed by atoms with van der Waals surface area (Å²) in [6, 6.07) is 21.2. The van der Waals surface area contributed by atoms with Crippen LogP contribution in [0.1, 0.15) is 57.2 Å². The van der Waals surface area contributed by atoms with Gasteiger partial charge in [0.15, 0.2) is 0 Å². The second-order valence-electron chi connectivity index (χ2n) is 12.2. The fraction of sp³-hybridized carbons (Fsp3) is 0.343. The number of hydrogen-bond acceptors (Lipinski definition) is 5. The number of aryl methyl sites for hydroxylation is 1. The number of amides is 6. The third kappa shape index (κ3) is 7.53. The van der Waals surface area contributed by atoms with E-state index in [9.17, 15) is 24.0 Å². The Balaban J connectivity index is 1.56. The van der Waals surface area contributed by atoms with Crippen LogP contribution < -0.4 is 16.0 Å². The van der Waals surface area contributed by atoms with Gasteiger partial charge in [0.05, 0.1) is 12.5 Å². The van der Waals surface area contributed by atoms with Crippen molar-refractivity contribution >= 4 is 41.2 Å². The van der Waals surface area contributed by atoms with Crippen molar-refractivity contribution in [3.05, 3.63) is 95.6 Å². The number of imide groups is 1. The number of carbonyl (C=O) groups is 5. The van der Waals surface area contributed by atoms with E-state index in [2.05, 4.69) is 16.0 Å². The van der Waals surface area contributed by atoms with Gasteiger partial charge in [-0.1, -0.05) is 74.5 Å². The summed E-state index contributed by atoms with van der Waals surface area (Å²) in [6.07, 6.45) is -0.409. The first kappa shape index (κ1) is 33.7. The van der Waals surface area contributed by atoms with Crippen molar-refractivity contribution in [2.75, 3.05) is 10.6 Å². The van der Waals surface area contributed by atoms with Crippen LogP contribution in [0.3, 0.4) is 0 Å². The molecule has 0 bridgehead atoms. The standard InChI is InChI=1S/C35H41N5O6/c1-22(2)29(20-30(41)36-24(4)19-31(42)43)40-32(44)35(5,26-12-7-6-8-13-26)39(34(40)46)21-25-15-17-27(18-16-25)37-33(45)38-28-14-10-9-11-23(28)3/h6-18,22,24,29H,19-21H2,1-5H3,(H,36,41)(H,42,43)(H2,37,38,45)/t24-,29?,35?/m1/s1. The molecule has 0 spiro atoms. The van der Waals surface area contributed by atoms with Crippen molar-refractivity contribution in [1.82, 2.24) is 15.1 Å². The van der Waals surface area contributed by atoms with Crippen LogP contribution in [-0.2, 0) is 26.5 Å². The summed E-state index contributed by atoms with van der Waals surface area (Å²) in [5.74, 6) is -2.19. The van der Waals surface area contributed by atoms with Crippen molar-refractivity contribution in [3.8, 4) is 0 Å². The average molecular weight is 628 g/mol. The molecular weight excluding hydrogens is 586 g/mol. The number of hydrogen-bond donors (Lipinski definition) is 4. The Hall–Kier alpha value is -5.19. The van der Waals surface area contributed by atoms with E-state index in [0.717, 1.165) is 11.1 Å². The molecule has 11 heteroatoms. The summed E-state index contributed by atoms with van der Waals surface area (Å²) in [5, 5.41) is 17.4. The van der Waals surface area contributed by atoms with E-state index in [1.165, 1.54) is 9.80 Å². The van der Waals surface area contributed by atoms with E-state index in [0.29, 0.717) is 16.9 Å². The van der Waals surface area contributed by atoms with Gasteiger partial charge in [0.2, 0.25) is 5.91 Å². The van der Waals surface area contributed by atoms with Crippen molar-refractivity contribution in [2.24, 2.45) is 5.92 Å². The maximum atomic E-state index is 14.3. The average Bonchev–Trinajstić information content (AvgIpc) is 3.18. The number of rotatable bonds is 12. The molecule has 1 fully saturated rings. The van der Waals surface area contributed by atoms with Crippen LogP contribution in [-0.4, -0.2) is 56.8 Å². The smallest absolute Gasteiger partial charge is 0.328 e. The van der Waals surface area contributed by atoms with E-state index < -0.39 is 47.5 Å². The molecule has 0 radical (unpaired) electrons. The van der Waals surface area contributed by atoms with Crippen LogP contribution in [0, 0.1) is 12.8 Å². The summed E-state index contributed by atoms with van der Waals surface area (Å²) in [7, 11) is 0. The van der Waals surface area contributed by atoms with Gasteiger partial charge in [-0.15, -0.1) is 0 Å². The molecule has 0 saturated carbocycles. The zero-order valence-corrected chi connectivity index (χ0v) is 26.7. The van der Waals surface area contributed by atoms with E-state index in [1.54, 1.807) is 62.4 Å². The molecular formula is C35H41N5O6. The van der Waals surface area contributed by atoms with Gasteiger partial charge in [-0.2, -0.15) is 0 Å². The van der Waals surface area contributed by atoms with Gasteiger partial charge in [0.25, 0.3) is 5.91 Å². The van der Waals surface area contributed by atoms with E-state index in [1.807, 2.05) is 51.1 Å². The van der Waals surface area contributed by atoms with Crippen LogP contribution >= 0.6 is 0 Å². The molecule has 1 aliphatic rings. The highest BCUT2D eigenvalue weighted by molar-refractivity contribution is 6.08. The van der Waals surface area contributed by atoms with Crippen molar-refractivity contribution < 1.29 is 29.1 Å². The minimum Gasteiger partial charge on any atom is -0.481 e. The SMILES string of the molecule is Cc1ccccc1NC(=O)Nc1ccc(CN2C(=O)N(C(CC(=O)N[C@H](C)CC(=O)O)C(C)C)C(=O)C2(C)c2ccccc2)cc1. The first-order chi connectivity index (χ1) is 21.8. The lowest BCUT2D eigenvalue weighted by Gasteiger charge is -2.32. The van der Waals surface area contributed by atoms with Crippen LogP contribution in [0.2, 0.25) is 0 Å². The number of aliphatic carboxylic acids is 1. The van der Waals surface area contributed by atoms with E-state index >= 15 is 0 Å². The second kappa shape index (κ2) is 14.3. The lowest BCUT2D eigenvalue weighted by molar-refractivity contribution is -0.137.